The van der Waals surface area contributed by atoms with Crippen LogP contribution in [0.2, 0.25) is 10.0 Å². The quantitative estimate of drug-likeness (QED) is 0.565. The Labute approximate surface area is 182 Å². The number of rotatable bonds is 7. The van der Waals surface area contributed by atoms with E-state index in [1.165, 1.54) is 16.2 Å². The monoisotopic (exact) mass is 449 g/mol. The Hall–Kier alpha value is -2.61. The first-order chi connectivity index (χ1) is 13.9. The standard InChI is InChI=1S/C20H17Cl2N3O3S/c1-25(9-18(26)24-19-16(21)6-3-7-17(19)22)20(27)13-4-2-5-15(8-13)28-10-14-11-29-12-23-14/h2-8,11-12H,9-10H2,1H3,(H,24,26). The number of carbonyl (C=O) groups is 2. The first-order valence-corrected chi connectivity index (χ1v) is 10.2. The van der Waals surface area contributed by atoms with Crippen LogP contribution in [0.15, 0.2) is 53.4 Å². The minimum atomic E-state index is -0.410. The second kappa shape index (κ2) is 9.73. The number of thiazole rings is 1. The third kappa shape index (κ3) is 5.69. The number of nitrogens with zero attached hydrogens (tertiary/aromatic N) is 2. The summed E-state index contributed by atoms with van der Waals surface area (Å²) in [7, 11) is 1.54. The average Bonchev–Trinajstić information content (AvgIpc) is 3.22. The van der Waals surface area contributed by atoms with Crippen molar-refractivity contribution in [1.29, 1.82) is 0 Å². The third-order valence-corrected chi connectivity index (χ3v) is 5.17. The molecule has 0 atom stereocenters. The highest BCUT2D eigenvalue weighted by atomic mass is 35.5. The van der Waals surface area contributed by atoms with Gasteiger partial charge in [-0.25, -0.2) is 4.98 Å². The molecule has 0 unspecified atom stereocenters. The van der Waals surface area contributed by atoms with Gasteiger partial charge in [0.15, 0.2) is 0 Å². The Kier molecular flexibility index (Phi) is 7.09. The molecule has 9 heteroatoms. The molecular weight excluding hydrogens is 433 g/mol. The summed E-state index contributed by atoms with van der Waals surface area (Å²) in [5, 5.41) is 5.18. The van der Waals surface area contributed by atoms with Crippen LogP contribution in [-0.2, 0) is 11.4 Å². The fraction of sp³-hybridized carbons (Fsp3) is 0.150. The summed E-state index contributed by atoms with van der Waals surface area (Å²) in [4.78, 5) is 30.4. The summed E-state index contributed by atoms with van der Waals surface area (Å²) in [6, 6.07) is 11.7. The summed E-state index contributed by atoms with van der Waals surface area (Å²) >= 11 is 13.6. The SMILES string of the molecule is CN(CC(=O)Nc1c(Cl)cccc1Cl)C(=O)c1cccc(OCc2cscn2)c1. The van der Waals surface area contributed by atoms with Crippen molar-refractivity contribution in [3.63, 3.8) is 0 Å². The van der Waals surface area contributed by atoms with E-state index in [9.17, 15) is 9.59 Å². The third-order valence-electron chi connectivity index (χ3n) is 3.91. The second-order valence-electron chi connectivity index (χ2n) is 6.10. The Morgan fingerprint density at radius 2 is 1.90 bits per heavy atom. The highest BCUT2D eigenvalue weighted by molar-refractivity contribution is 7.07. The number of anilines is 1. The van der Waals surface area contributed by atoms with Crippen molar-refractivity contribution in [1.82, 2.24) is 9.88 Å². The molecule has 0 fully saturated rings. The maximum atomic E-state index is 12.7. The molecule has 0 aliphatic rings. The lowest BCUT2D eigenvalue weighted by atomic mass is 10.2. The number of ether oxygens (including phenoxy) is 1. The molecule has 0 radical (unpaired) electrons. The molecule has 3 aromatic rings. The predicted octanol–water partition coefficient (Wildman–Crippen LogP) is 4.74. The van der Waals surface area contributed by atoms with E-state index < -0.39 is 5.91 Å². The Morgan fingerprint density at radius 3 is 2.59 bits per heavy atom. The van der Waals surface area contributed by atoms with Gasteiger partial charge in [0.2, 0.25) is 5.91 Å². The molecule has 1 aromatic heterocycles. The smallest absolute Gasteiger partial charge is 0.254 e. The van der Waals surface area contributed by atoms with E-state index in [-0.39, 0.29) is 12.5 Å². The van der Waals surface area contributed by atoms with Crippen molar-refractivity contribution in [2.24, 2.45) is 0 Å². The van der Waals surface area contributed by atoms with Crippen molar-refractivity contribution in [3.8, 4) is 5.75 Å². The van der Waals surface area contributed by atoms with E-state index >= 15 is 0 Å². The van der Waals surface area contributed by atoms with Crippen LogP contribution in [0.3, 0.4) is 0 Å². The second-order valence-corrected chi connectivity index (χ2v) is 7.64. The zero-order valence-electron chi connectivity index (χ0n) is 15.4. The zero-order chi connectivity index (χ0) is 20.8. The van der Waals surface area contributed by atoms with Crippen LogP contribution in [0.25, 0.3) is 0 Å². The number of para-hydroxylation sites is 1. The molecule has 2 amide bonds. The van der Waals surface area contributed by atoms with E-state index in [4.69, 9.17) is 27.9 Å². The fourth-order valence-corrected chi connectivity index (χ4v) is 3.52. The molecule has 1 heterocycles. The van der Waals surface area contributed by atoms with Gasteiger partial charge in [-0.2, -0.15) is 0 Å². The van der Waals surface area contributed by atoms with E-state index in [1.807, 2.05) is 5.38 Å². The maximum absolute atomic E-state index is 12.7. The van der Waals surface area contributed by atoms with Crippen LogP contribution in [0, 0.1) is 0 Å². The minimum Gasteiger partial charge on any atom is -0.487 e. The van der Waals surface area contributed by atoms with Gasteiger partial charge in [-0.1, -0.05) is 35.3 Å². The fourth-order valence-electron chi connectivity index (χ4n) is 2.49. The number of aromatic nitrogens is 1. The van der Waals surface area contributed by atoms with Crippen molar-refractivity contribution < 1.29 is 14.3 Å². The number of halogens is 2. The van der Waals surface area contributed by atoms with Crippen LogP contribution < -0.4 is 10.1 Å². The molecule has 0 saturated heterocycles. The van der Waals surface area contributed by atoms with Gasteiger partial charge < -0.3 is 15.0 Å². The first kappa shape index (κ1) is 21.1. The van der Waals surface area contributed by atoms with Gasteiger partial charge in [-0.05, 0) is 30.3 Å². The normalized spacial score (nSPS) is 10.4. The Morgan fingerprint density at radius 1 is 1.17 bits per heavy atom. The number of carbonyl (C=O) groups excluding carboxylic acids is 2. The minimum absolute atomic E-state index is 0.162. The van der Waals surface area contributed by atoms with Gasteiger partial charge in [0.05, 0.1) is 33.5 Å². The number of benzene rings is 2. The van der Waals surface area contributed by atoms with Crippen molar-refractivity contribution in [2.75, 3.05) is 18.9 Å². The molecule has 0 bridgehead atoms. The van der Waals surface area contributed by atoms with E-state index in [0.29, 0.717) is 33.7 Å². The molecule has 2 aromatic carbocycles. The van der Waals surface area contributed by atoms with Gasteiger partial charge in [0, 0.05) is 18.0 Å². The first-order valence-electron chi connectivity index (χ1n) is 8.53. The lowest BCUT2D eigenvalue weighted by molar-refractivity contribution is -0.116. The molecule has 0 aliphatic heterocycles. The van der Waals surface area contributed by atoms with Crippen LogP contribution in [0.1, 0.15) is 16.1 Å². The predicted molar refractivity (Wildman–Crippen MR) is 115 cm³/mol. The van der Waals surface area contributed by atoms with Gasteiger partial charge in [0.1, 0.15) is 12.4 Å². The van der Waals surface area contributed by atoms with Crippen LogP contribution in [-0.4, -0.2) is 35.3 Å². The molecule has 6 nitrogen and oxygen atoms in total. The van der Waals surface area contributed by atoms with Gasteiger partial charge in [-0.15, -0.1) is 11.3 Å². The maximum Gasteiger partial charge on any atom is 0.254 e. The molecule has 150 valence electrons. The summed E-state index contributed by atoms with van der Waals surface area (Å²) in [5.41, 5.74) is 3.28. The van der Waals surface area contributed by atoms with E-state index in [2.05, 4.69) is 10.3 Å². The summed E-state index contributed by atoms with van der Waals surface area (Å²) in [6.45, 7) is 0.155. The van der Waals surface area contributed by atoms with E-state index in [1.54, 1.807) is 55.0 Å². The summed E-state index contributed by atoms with van der Waals surface area (Å²) in [6.07, 6.45) is 0. The van der Waals surface area contributed by atoms with Crippen LogP contribution in [0.4, 0.5) is 5.69 Å². The number of nitrogens with one attached hydrogen (secondary N) is 1. The number of hydrogen-bond acceptors (Lipinski definition) is 5. The van der Waals surface area contributed by atoms with Crippen LogP contribution in [0.5, 0.6) is 5.75 Å². The highest BCUT2D eigenvalue weighted by Gasteiger charge is 2.17. The number of likely N-dealkylation sites (N-methyl/N-ethyl adjacent to an activating group) is 1. The Balaban J connectivity index is 1.60. The number of amides is 2. The molecule has 0 aliphatic carbocycles. The summed E-state index contributed by atoms with van der Waals surface area (Å²) < 4.78 is 5.67. The highest BCUT2D eigenvalue weighted by Crippen LogP contribution is 2.29. The van der Waals surface area contributed by atoms with Crippen molar-refractivity contribution in [3.05, 3.63) is 74.7 Å². The van der Waals surface area contributed by atoms with Gasteiger partial charge in [0.25, 0.3) is 5.91 Å². The molecule has 1 N–H and O–H groups in total. The molecule has 0 spiro atoms. The van der Waals surface area contributed by atoms with E-state index in [0.717, 1.165) is 5.69 Å². The largest absolute Gasteiger partial charge is 0.487 e. The van der Waals surface area contributed by atoms with Gasteiger partial charge in [-0.3, -0.25) is 9.59 Å². The zero-order valence-corrected chi connectivity index (χ0v) is 17.7. The molecule has 0 saturated carbocycles. The van der Waals surface area contributed by atoms with Crippen molar-refractivity contribution in [2.45, 2.75) is 6.61 Å². The average molecular weight is 450 g/mol. The lowest BCUT2D eigenvalue weighted by Gasteiger charge is -2.18. The molecular formula is C20H17Cl2N3O3S. The van der Waals surface area contributed by atoms with Crippen molar-refractivity contribution >= 4 is 52.0 Å². The lowest BCUT2D eigenvalue weighted by Crippen LogP contribution is -2.35. The van der Waals surface area contributed by atoms with Crippen LogP contribution >= 0.6 is 34.5 Å². The topological polar surface area (TPSA) is 71.5 Å². The Bertz CT molecular complexity index is 992. The van der Waals surface area contributed by atoms with Gasteiger partial charge >= 0.3 is 0 Å². The molecule has 3 rings (SSSR count). The number of hydrogen-bond donors (Lipinski definition) is 1. The molecule has 29 heavy (non-hydrogen) atoms. The summed E-state index contributed by atoms with van der Waals surface area (Å²) in [5.74, 6) is -0.180.